The van der Waals surface area contributed by atoms with Crippen molar-refractivity contribution in [2.45, 2.75) is 64.4 Å². The highest BCUT2D eigenvalue weighted by Crippen LogP contribution is 2.44. The maximum absolute atomic E-state index is 12.3. The third-order valence-corrected chi connectivity index (χ3v) is 4.36. The quantitative estimate of drug-likeness (QED) is 0.796. The molecule has 1 atom stereocenters. The summed E-state index contributed by atoms with van der Waals surface area (Å²) in [6.45, 7) is 4.96. The van der Waals surface area contributed by atoms with Gasteiger partial charge in [-0.1, -0.05) is 20.3 Å². The molecule has 1 heterocycles. The molecule has 1 saturated heterocycles. The SMILES string of the molecule is CC(C)CCNC(=O)[C@H]1CC(=O)OC12CCCCC2. The molecule has 1 aliphatic carbocycles. The first-order valence-corrected chi connectivity index (χ1v) is 7.53. The third kappa shape index (κ3) is 3.28. The summed E-state index contributed by atoms with van der Waals surface area (Å²) in [5, 5.41) is 2.98. The Bertz CT molecular complexity index is 345. The monoisotopic (exact) mass is 267 g/mol. The zero-order chi connectivity index (χ0) is 13.9. The molecule has 0 bridgehead atoms. The maximum atomic E-state index is 12.3. The second-order valence-corrected chi connectivity index (χ2v) is 6.33. The van der Waals surface area contributed by atoms with Crippen LogP contribution in [-0.4, -0.2) is 24.0 Å². The van der Waals surface area contributed by atoms with Crippen LogP contribution in [0.4, 0.5) is 0 Å². The van der Waals surface area contributed by atoms with Crippen LogP contribution in [0.1, 0.15) is 58.8 Å². The highest BCUT2D eigenvalue weighted by Gasteiger charge is 2.52. The molecule has 2 rings (SSSR count). The first-order chi connectivity index (χ1) is 9.03. The minimum atomic E-state index is -0.489. The molecule has 0 aromatic heterocycles. The van der Waals surface area contributed by atoms with Crippen molar-refractivity contribution in [3.05, 3.63) is 0 Å². The Morgan fingerprint density at radius 3 is 2.68 bits per heavy atom. The summed E-state index contributed by atoms with van der Waals surface area (Å²) in [6.07, 6.45) is 6.23. The summed E-state index contributed by atoms with van der Waals surface area (Å²) in [4.78, 5) is 23.9. The van der Waals surface area contributed by atoms with E-state index in [2.05, 4.69) is 19.2 Å². The van der Waals surface area contributed by atoms with Crippen molar-refractivity contribution in [2.75, 3.05) is 6.54 Å². The second kappa shape index (κ2) is 5.93. The molecule has 1 aliphatic heterocycles. The van der Waals surface area contributed by atoms with E-state index in [4.69, 9.17) is 4.74 Å². The molecule has 2 fully saturated rings. The molecule has 0 aromatic carbocycles. The largest absolute Gasteiger partial charge is 0.458 e. The van der Waals surface area contributed by atoms with E-state index in [1.165, 1.54) is 6.42 Å². The van der Waals surface area contributed by atoms with Gasteiger partial charge in [-0.3, -0.25) is 9.59 Å². The summed E-state index contributed by atoms with van der Waals surface area (Å²) in [6, 6.07) is 0. The topological polar surface area (TPSA) is 55.4 Å². The molecule has 19 heavy (non-hydrogen) atoms. The van der Waals surface area contributed by atoms with Crippen molar-refractivity contribution in [3.63, 3.8) is 0 Å². The number of carbonyl (C=O) groups is 2. The molecule has 0 aromatic rings. The number of rotatable bonds is 4. The molecule has 0 unspecified atom stereocenters. The number of esters is 1. The molecule has 4 nitrogen and oxygen atoms in total. The van der Waals surface area contributed by atoms with Crippen LogP contribution >= 0.6 is 0 Å². The molecular weight excluding hydrogens is 242 g/mol. The lowest BCUT2D eigenvalue weighted by Crippen LogP contribution is -2.46. The van der Waals surface area contributed by atoms with Gasteiger partial charge in [-0.25, -0.2) is 0 Å². The van der Waals surface area contributed by atoms with Gasteiger partial charge in [0.1, 0.15) is 5.60 Å². The van der Waals surface area contributed by atoms with Gasteiger partial charge in [-0.2, -0.15) is 0 Å². The standard InChI is InChI=1S/C15H25NO3/c1-11(2)6-9-16-14(18)12-10-13(17)19-15(12)7-4-3-5-8-15/h11-12H,3-10H2,1-2H3,(H,16,18)/t12-/m1/s1. The van der Waals surface area contributed by atoms with Crippen molar-refractivity contribution >= 4 is 11.9 Å². The molecule has 108 valence electrons. The van der Waals surface area contributed by atoms with Gasteiger partial charge < -0.3 is 10.1 Å². The minimum absolute atomic E-state index is 0.00778. The highest BCUT2D eigenvalue weighted by atomic mass is 16.6. The average Bonchev–Trinajstić information content (AvgIpc) is 2.66. The van der Waals surface area contributed by atoms with E-state index >= 15 is 0 Å². The van der Waals surface area contributed by atoms with E-state index in [1.807, 2.05) is 0 Å². The van der Waals surface area contributed by atoms with Crippen molar-refractivity contribution in [2.24, 2.45) is 11.8 Å². The van der Waals surface area contributed by atoms with Crippen LogP contribution in [0.3, 0.4) is 0 Å². The number of carbonyl (C=O) groups excluding carboxylic acids is 2. The van der Waals surface area contributed by atoms with Gasteiger partial charge in [0.25, 0.3) is 0 Å². The van der Waals surface area contributed by atoms with Crippen LogP contribution in [0.5, 0.6) is 0 Å². The van der Waals surface area contributed by atoms with Gasteiger partial charge in [0.05, 0.1) is 12.3 Å². The first kappa shape index (κ1) is 14.4. The molecule has 2 aliphatic rings. The van der Waals surface area contributed by atoms with Crippen molar-refractivity contribution < 1.29 is 14.3 Å². The Balaban J connectivity index is 1.96. The highest BCUT2D eigenvalue weighted by molar-refractivity contribution is 5.87. The molecule has 4 heteroatoms. The maximum Gasteiger partial charge on any atom is 0.307 e. The Hall–Kier alpha value is -1.06. The van der Waals surface area contributed by atoms with Gasteiger partial charge >= 0.3 is 5.97 Å². The van der Waals surface area contributed by atoms with Gasteiger partial charge in [-0.05, 0) is 38.0 Å². The predicted molar refractivity (Wildman–Crippen MR) is 72.5 cm³/mol. The third-order valence-electron chi connectivity index (χ3n) is 4.36. The van der Waals surface area contributed by atoms with Crippen LogP contribution in [-0.2, 0) is 14.3 Å². The van der Waals surface area contributed by atoms with Gasteiger partial charge in [-0.15, -0.1) is 0 Å². The molecule has 1 amide bonds. The second-order valence-electron chi connectivity index (χ2n) is 6.33. The lowest BCUT2D eigenvalue weighted by Gasteiger charge is -2.36. The smallest absolute Gasteiger partial charge is 0.307 e. The van der Waals surface area contributed by atoms with Crippen molar-refractivity contribution in [3.8, 4) is 0 Å². The first-order valence-electron chi connectivity index (χ1n) is 7.53. The van der Waals surface area contributed by atoms with E-state index < -0.39 is 5.60 Å². The Morgan fingerprint density at radius 2 is 2.05 bits per heavy atom. The van der Waals surface area contributed by atoms with Crippen molar-refractivity contribution in [1.82, 2.24) is 5.32 Å². The van der Waals surface area contributed by atoms with Crippen LogP contribution < -0.4 is 5.32 Å². The van der Waals surface area contributed by atoms with E-state index in [1.54, 1.807) is 0 Å². The molecule has 0 radical (unpaired) electrons. The number of ether oxygens (including phenoxy) is 1. The average molecular weight is 267 g/mol. The minimum Gasteiger partial charge on any atom is -0.458 e. The predicted octanol–water partition coefficient (Wildman–Crippen LogP) is 2.41. The zero-order valence-electron chi connectivity index (χ0n) is 12.0. The summed E-state index contributed by atoms with van der Waals surface area (Å²) in [7, 11) is 0. The molecular formula is C15H25NO3. The normalized spacial score (nSPS) is 25.6. The fourth-order valence-corrected chi connectivity index (χ4v) is 3.23. The fraction of sp³-hybridized carbons (Fsp3) is 0.867. The van der Waals surface area contributed by atoms with Gasteiger partial charge in [0.15, 0.2) is 0 Å². The van der Waals surface area contributed by atoms with E-state index in [0.717, 1.165) is 32.1 Å². The van der Waals surface area contributed by atoms with Crippen LogP contribution in [0.15, 0.2) is 0 Å². The van der Waals surface area contributed by atoms with Crippen molar-refractivity contribution in [1.29, 1.82) is 0 Å². The fourth-order valence-electron chi connectivity index (χ4n) is 3.23. The summed E-state index contributed by atoms with van der Waals surface area (Å²) in [5.74, 6) is 0.108. The van der Waals surface area contributed by atoms with E-state index in [0.29, 0.717) is 12.5 Å². The Labute approximate surface area is 115 Å². The summed E-state index contributed by atoms with van der Waals surface area (Å²) >= 11 is 0. The number of amides is 1. The Morgan fingerprint density at radius 1 is 1.37 bits per heavy atom. The summed E-state index contributed by atoms with van der Waals surface area (Å²) < 4.78 is 5.55. The van der Waals surface area contributed by atoms with E-state index in [9.17, 15) is 9.59 Å². The van der Waals surface area contributed by atoms with Crippen LogP contribution in [0.25, 0.3) is 0 Å². The lowest BCUT2D eigenvalue weighted by atomic mass is 9.75. The molecule has 1 spiro atoms. The van der Waals surface area contributed by atoms with Gasteiger partial charge in [0, 0.05) is 6.54 Å². The summed E-state index contributed by atoms with van der Waals surface area (Å²) in [5.41, 5.74) is -0.489. The Kier molecular flexibility index (Phi) is 4.48. The molecule has 1 N–H and O–H groups in total. The van der Waals surface area contributed by atoms with Gasteiger partial charge in [0.2, 0.25) is 5.91 Å². The molecule has 1 saturated carbocycles. The van der Waals surface area contributed by atoms with Crippen LogP contribution in [0, 0.1) is 11.8 Å². The van der Waals surface area contributed by atoms with E-state index in [-0.39, 0.29) is 24.2 Å². The lowest BCUT2D eigenvalue weighted by molar-refractivity contribution is -0.153. The van der Waals surface area contributed by atoms with Crippen LogP contribution in [0.2, 0.25) is 0 Å². The number of nitrogens with one attached hydrogen (secondary N) is 1. The number of hydrogen-bond donors (Lipinski definition) is 1. The number of hydrogen-bond acceptors (Lipinski definition) is 3. The zero-order valence-corrected chi connectivity index (χ0v) is 12.0.